The fourth-order valence-electron chi connectivity index (χ4n) is 1.91. The maximum Gasteiger partial charge on any atom is 0.224 e. The fraction of sp³-hybridized carbons (Fsp3) is 0.909. The van der Waals surface area contributed by atoms with Crippen molar-refractivity contribution in [3.05, 3.63) is 0 Å². The first-order chi connectivity index (χ1) is 7.13. The van der Waals surface area contributed by atoms with E-state index in [1.165, 1.54) is 0 Å². The van der Waals surface area contributed by atoms with E-state index in [-0.39, 0.29) is 18.1 Å². The zero-order valence-electron chi connectivity index (χ0n) is 9.95. The molecule has 0 saturated carbocycles. The topological polar surface area (TPSA) is 41.6 Å². The molecule has 0 aromatic rings. The molecule has 1 fully saturated rings. The van der Waals surface area contributed by atoms with Crippen LogP contribution in [0.1, 0.15) is 27.2 Å². The van der Waals surface area contributed by atoms with Gasteiger partial charge in [-0.05, 0) is 20.4 Å². The smallest absolute Gasteiger partial charge is 0.224 e. The lowest BCUT2D eigenvalue weighted by Crippen LogP contribution is -2.48. The summed E-state index contributed by atoms with van der Waals surface area (Å²) in [6.07, 6.45) is 0.918. The molecular weight excluding hydrogens is 192 g/mol. The van der Waals surface area contributed by atoms with Crippen molar-refractivity contribution < 1.29 is 9.53 Å². The number of carbonyl (C=O) groups is 1. The maximum atomic E-state index is 11.8. The van der Waals surface area contributed by atoms with Gasteiger partial charge in [-0.15, -0.1) is 0 Å². The molecule has 1 saturated heterocycles. The van der Waals surface area contributed by atoms with Crippen molar-refractivity contribution in [2.24, 2.45) is 0 Å². The van der Waals surface area contributed by atoms with E-state index in [2.05, 4.69) is 5.32 Å². The van der Waals surface area contributed by atoms with Gasteiger partial charge >= 0.3 is 0 Å². The summed E-state index contributed by atoms with van der Waals surface area (Å²) < 4.78 is 5.58. The lowest BCUT2D eigenvalue weighted by molar-refractivity contribution is -0.143. The standard InChI is InChI=1S/C11H22N2O2/c1-4-12-6-5-11(14)13-7-9(2)15-10(3)8-13/h9-10,12H,4-8H2,1-3H3. The molecule has 4 nitrogen and oxygen atoms in total. The Bertz CT molecular complexity index is 199. The quantitative estimate of drug-likeness (QED) is 0.698. The number of morpholine rings is 1. The van der Waals surface area contributed by atoms with Gasteiger partial charge in [0.05, 0.1) is 12.2 Å². The second-order valence-electron chi connectivity index (χ2n) is 4.16. The van der Waals surface area contributed by atoms with Crippen molar-refractivity contribution in [2.45, 2.75) is 39.4 Å². The zero-order chi connectivity index (χ0) is 11.3. The maximum absolute atomic E-state index is 11.8. The number of rotatable bonds is 4. The van der Waals surface area contributed by atoms with Crippen molar-refractivity contribution in [1.29, 1.82) is 0 Å². The molecule has 0 aromatic carbocycles. The van der Waals surface area contributed by atoms with Crippen LogP contribution in [0.4, 0.5) is 0 Å². The molecule has 1 N–H and O–H groups in total. The first-order valence-electron chi connectivity index (χ1n) is 5.77. The SMILES string of the molecule is CCNCCC(=O)N1CC(C)OC(C)C1. The summed E-state index contributed by atoms with van der Waals surface area (Å²) in [6.45, 7) is 9.23. The Morgan fingerprint density at radius 2 is 2.00 bits per heavy atom. The molecule has 0 radical (unpaired) electrons. The lowest BCUT2D eigenvalue weighted by Gasteiger charge is -2.35. The molecule has 4 heteroatoms. The molecule has 0 aliphatic carbocycles. The van der Waals surface area contributed by atoms with Gasteiger partial charge in [0.15, 0.2) is 0 Å². The minimum atomic E-state index is 0.164. The number of ether oxygens (including phenoxy) is 1. The summed E-state index contributed by atoms with van der Waals surface area (Å²) in [5.74, 6) is 0.234. The van der Waals surface area contributed by atoms with E-state index in [0.29, 0.717) is 6.42 Å². The lowest BCUT2D eigenvalue weighted by atomic mass is 10.2. The Hall–Kier alpha value is -0.610. The van der Waals surface area contributed by atoms with Crippen LogP contribution in [-0.2, 0) is 9.53 Å². The summed E-state index contributed by atoms with van der Waals surface area (Å²) in [5, 5.41) is 3.16. The van der Waals surface area contributed by atoms with Crippen LogP contribution in [0.25, 0.3) is 0 Å². The van der Waals surface area contributed by atoms with Gasteiger partial charge in [-0.1, -0.05) is 6.92 Å². The first kappa shape index (κ1) is 12.5. The molecule has 0 bridgehead atoms. The summed E-state index contributed by atoms with van der Waals surface area (Å²) >= 11 is 0. The molecule has 1 aliphatic rings. The van der Waals surface area contributed by atoms with Crippen molar-refractivity contribution in [1.82, 2.24) is 10.2 Å². The van der Waals surface area contributed by atoms with E-state index in [1.54, 1.807) is 0 Å². The molecule has 15 heavy (non-hydrogen) atoms. The Morgan fingerprint density at radius 3 is 2.53 bits per heavy atom. The van der Waals surface area contributed by atoms with Gasteiger partial charge in [0, 0.05) is 26.1 Å². The molecule has 2 atom stereocenters. The highest BCUT2D eigenvalue weighted by molar-refractivity contribution is 5.76. The van der Waals surface area contributed by atoms with Gasteiger partial charge in [-0.3, -0.25) is 4.79 Å². The minimum absolute atomic E-state index is 0.164. The molecule has 1 heterocycles. The van der Waals surface area contributed by atoms with Crippen LogP contribution in [0.3, 0.4) is 0 Å². The predicted molar refractivity (Wildman–Crippen MR) is 59.7 cm³/mol. The Labute approximate surface area is 92.0 Å². The van der Waals surface area contributed by atoms with Crippen LogP contribution < -0.4 is 5.32 Å². The van der Waals surface area contributed by atoms with Crippen molar-refractivity contribution in [3.63, 3.8) is 0 Å². The third-order valence-corrected chi connectivity index (χ3v) is 2.54. The number of nitrogens with one attached hydrogen (secondary N) is 1. The van der Waals surface area contributed by atoms with Crippen LogP contribution in [0.2, 0.25) is 0 Å². The van der Waals surface area contributed by atoms with Crippen LogP contribution in [0.5, 0.6) is 0 Å². The zero-order valence-corrected chi connectivity index (χ0v) is 9.95. The highest BCUT2D eigenvalue weighted by atomic mass is 16.5. The van der Waals surface area contributed by atoms with E-state index >= 15 is 0 Å². The predicted octanol–water partition coefficient (Wildman–Crippen LogP) is 0.622. The van der Waals surface area contributed by atoms with Gasteiger partial charge in [-0.2, -0.15) is 0 Å². The highest BCUT2D eigenvalue weighted by Gasteiger charge is 2.25. The molecule has 2 unspecified atom stereocenters. The average molecular weight is 214 g/mol. The molecule has 0 spiro atoms. The van der Waals surface area contributed by atoms with E-state index in [0.717, 1.165) is 26.2 Å². The largest absolute Gasteiger partial charge is 0.372 e. The van der Waals surface area contributed by atoms with Crippen LogP contribution in [-0.4, -0.2) is 49.2 Å². The normalized spacial score (nSPS) is 26.7. The van der Waals surface area contributed by atoms with Gasteiger partial charge in [0.2, 0.25) is 5.91 Å². The van der Waals surface area contributed by atoms with Crippen LogP contribution in [0, 0.1) is 0 Å². The molecule has 88 valence electrons. The first-order valence-corrected chi connectivity index (χ1v) is 5.77. The molecule has 1 rings (SSSR count). The monoisotopic (exact) mass is 214 g/mol. The van der Waals surface area contributed by atoms with E-state index in [9.17, 15) is 4.79 Å². The molecule has 1 amide bonds. The van der Waals surface area contributed by atoms with Gasteiger partial charge in [-0.25, -0.2) is 0 Å². The molecular formula is C11H22N2O2. The summed E-state index contributed by atoms with van der Waals surface area (Å²) in [5.41, 5.74) is 0. The third-order valence-electron chi connectivity index (χ3n) is 2.54. The number of nitrogens with zero attached hydrogens (tertiary/aromatic N) is 1. The average Bonchev–Trinajstić information content (AvgIpc) is 2.16. The number of carbonyl (C=O) groups excluding carboxylic acids is 1. The fourth-order valence-corrected chi connectivity index (χ4v) is 1.91. The van der Waals surface area contributed by atoms with Gasteiger partial charge < -0.3 is 15.0 Å². The Balaban J connectivity index is 2.31. The highest BCUT2D eigenvalue weighted by Crippen LogP contribution is 2.11. The second-order valence-corrected chi connectivity index (χ2v) is 4.16. The van der Waals surface area contributed by atoms with E-state index < -0.39 is 0 Å². The second kappa shape index (κ2) is 6.08. The van der Waals surface area contributed by atoms with Gasteiger partial charge in [0.1, 0.15) is 0 Å². The minimum Gasteiger partial charge on any atom is -0.372 e. The van der Waals surface area contributed by atoms with E-state index in [4.69, 9.17) is 4.74 Å². The summed E-state index contributed by atoms with van der Waals surface area (Å²) in [7, 11) is 0. The molecule has 1 aliphatic heterocycles. The Kier molecular flexibility index (Phi) is 5.05. The third kappa shape index (κ3) is 4.18. The molecule has 0 aromatic heterocycles. The number of amides is 1. The summed E-state index contributed by atoms with van der Waals surface area (Å²) in [6, 6.07) is 0. The van der Waals surface area contributed by atoms with Crippen molar-refractivity contribution in [3.8, 4) is 0 Å². The van der Waals surface area contributed by atoms with Crippen LogP contribution in [0.15, 0.2) is 0 Å². The van der Waals surface area contributed by atoms with Crippen LogP contribution >= 0.6 is 0 Å². The van der Waals surface area contributed by atoms with Gasteiger partial charge in [0.25, 0.3) is 0 Å². The Morgan fingerprint density at radius 1 is 1.40 bits per heavy atom. The van der Waals surface area contributed by atoms with Crippen molar-refractivity contribution >= 4 is 5.91 Å². The number of hydrogen-bond acceptors (Lipinski definition) is 3. The van der Waals surface area contributed by atoms with E-state index in [1.807, 2.05) is 25.7 Å². The number of hydrogen-bond donors (Lipinski definition) is 1. The summed E-state index contributed by atoms with van der Waals surface area (Å²) in [4.78, 5) is 13.7. The van der Waals surface area contributed by atoms with Crippen molar-refractivity contribution in [2.75, 3.05) is 26.2 Å².